The minimum atomic E-state index is -0.229. The molecule has 0 aliphatic heterocycles. The highest BCUT2D eigenvalue weighted by Gasteiger charge is 2.65. The van der Waals surface area contributed by atoms with E-state index in [4.69, 9.17) is 12.5 Å². The molecule has 0 bridgehead atoms. The molecule has 8 aliphatic rings. The highest BCUT2D eigenvalue weighted by atomic mass is 16.5. The molecule has 1 aromatic heterocycles. The summed E-state index contributed by atoms with van der Waals surface area (Å²) < 4.78 is 6.37. The van der Waals surface area contributed by atoms with E-state index in [1.807, 2.05) is 47.1 Å². The van der Waals surface area contributed by atoms with E-state index >= 15 is 0 Å². The van der Waals surface area contributed by atoms with Gasteiger partial charge in [-0.15, -0.1) is 0 Å². The van der Waals surface area contributed by atoms with E-state index in [2.05, 4.69) is 128 Å². The molecule has 4 fully saturated rings. The van der Waals surface area contributed by atoms with E-state index in [1.165, 1.54) is 120 Å². The fourth-order valence-corrected chi connectivity index (χ4v) is 20.5. The zero-order chi connectivity index (χ0) is 55.6. The molecule has 10 rings (SSSR count). The lowest BCUT2D eigenvalue weighted by atomic mass is 9.43. The molecule has 8 aliphatic carbocycles. The second-order valence-corrected chi connectivity index (χ2v) is 29.9. The molecule has 2 radical (unpaired) electrons. The van der Waals surface area contributed by atoms with Crippen LogP contribution in [0.25, 0.3) is 10.9 Å². The molecule has 2 aromatic rings. The van der Waals surface area contributed by atoms with Gasteiger partial charge in [-0.3, -0.25) is 4.98 Å². The molecule has 4 saturated carbocycles. The van der Waals surface area contributed by atoms with Crippen molar-refractivity contribution in [3.05, 3.63) is 87.7 Å². The second-order valence-electron chi connectivity index (χ2n) is 29.9. The molecule has 77 heavy (non-hydrogen) atoms. The molecular weight excluding hydrogens is 936 g/mol. The van der Waals surface area contributed by atoms with Crippen LogP contribution in [0.1, 0.15) is 257 Å². The Hall–Kier alpha value is -2.85. The van der Waals surface area contributed by atoms with E-state index in [9.17, 15) is 9.90 Å². The number of esters is 1. The topological polar surface area (TPSA) is 59.4 Å². The fourth-order valence-electron chi connectivity index (χ4n) is 20.5. The number of fused-ring (bicyclic) bond motifs is 9. The van der Waals surface area contributed by atoms with Crippen LogP contribution in [0.3, 0.4) is 0 Å². The maximum atomic E-state index is 13.4. The number of carbonyl (C=O) groups excluding carboxylic acids is 1. The lowest BCUT2D eigenvalue weighted by Crippen LogP contribution is -2.55. The number of aromatic nitrogens is 1. The van der Waals surface area contributed by atoms with E-state index in [-0.39, 0.29) is 49.6 Å². The Labute approximate surface area is 475 Å². The zero-order valence-electron chi connectivity index (χ0n) is 50.7. The zero-order valence-corrected chi connectivity index (χ0v) is 50.7. The van der Waals surface area contributed by atoms with Crippen LogP contribution < -0.4 is 0 Å². The summed E-state index contributed by atoms with van der Waals surface area (Å²) in [7, 11) is 5.00. The Kier molecular flexibility index (Phi) is 18.3. The van der Waals surface area contributed by atoms with Crippen LogP contribution in [0.15, 0.2) is 82.1 Å². The number of nitrogens with zero attached hydrogens (tertiary/aromatic N) is 1. The quantitative estimate of drug-likeness (QED) is 0.146. The van der Waals surface area contributed by atoms with Crippen molar-refractivity contribution in [2.75, 3.05) is 0 Å². The predicted octanol–water partition coefficient (Wildman–Crippen LogP) is 18.4. The monoisotopic (exact) mass is 1050 g/mol. The maximum Gasteiger partial charge on any atom is 0.340 e. The Morgan fingerprint density at radius 1 is 0.649 bits per heavy atom. The van der Waals surface area contributed by atoms with Crippen LogP contribution in [0, 0.1) is 78.8 Å². The summed E-state index contributed by atoms with van der Waals surface area (Å²) in [5.74, 6) is 4.21. The molecule has 0 spiro atoms. The summed E-state index contributed by atoms with van der Waals surface area (Å²) in [5, 5.41) is 11.8. The van der Waals surface area contributed by atoms with E-state index < -0.39 is 0 Å². The van der Waals surface area contributed by atoms with Gasteiger partial charge in [0.25, 0.3) is 0 Å². The Morgan fingerprint density at radius 2 is 1.12 bits per heavy atom. The largest absolute Gasteiger partial charge is 0.458 e. The number of hydrogen-bond acceptors (Lipinski definition) is 4. The average molecular weight is 1050 g/mol. The van der Waals surface area contributed by atoms with E-state index in [1.54, 1.807) is 11.8 Å². The standard InChI is InChI=1S/C40H55NO2.C30H50O.CH4.B2H3/c1-26(2)12-11-13-27(3)30-18-22-40(8)32-16-17-34-37(4,5)35(20-21-38(34,6)31(32)19-23-39(30,40)7)43-36(42)29-24-28-14-9-10-15-33(28)41-25-29;1-20(2)10-9-11-21(3)22-14-18-30(8)24-12-13-25-27(4,5)26(31)16-17-28(25,6)23(24)15-19-29(22,30)7;;1-2/h9-10,12,14-15,24-25,27,30,34-35H,11,13,16-23H2,1-8H3;10,21-22,25-26,31H,9,11-19H2,1-8H3;1H4;1H3/q;;;-1/t27-,30-,34?,35+,38-,39-,40+;21-,22-,25?,26+,28-,29-,30+;;/m11../s1. The molecule has 2 unspecified atom stereocenters. The molecule has 426 valence electrons. The van der Waals surface area contributed by atoms with Crippen LogP contribution in [0.5, 0.6) is 0 Å². The molecular formula is C71H112B2NO3-. The van der Waals surface area contributed by atoms with Crippen molar-refractivity contribution < 1.29 is 14.6 Å². The first kappa shape index (κ1) is 61.8. The summed E-state index contributed by atoms with van der Waals surface area (Å²) in [6.07, 6.45) is 31.5. The molecule has 0 saturated heterocycles. The van der Waals surface area contributed by atoms with E-state index in [0.717, 1.165) is 53.8 Å². The number of carbonyl (C=O) groups is 1. The molecule has 14 atom stereocenters. The lowest BCUT2D eigenvalue weighted by Gasteiger charge is -2.62. The molecule has 6 heteroatoms. The molecule has 0 amide bonds. The Balaban J connectivity index is 0.000000225. The van der Waals surface area contributed by atoms with Gasteiger partial charge >= 0.3 is 5.97 Å². The van der Waals surface area contributed by atoms with Crippen molar-refractivity contribution in [1.29, 1.82) is 0 Å². The lowest BCUT2D eigenvalue weighted by molar-refractivity contribution is -0.104. The van der Waals surface area contributed by atoms with Crippen molar-refractivity contribution in [1.82, 2.24) is 4.98 Å². The van der Waals surface area contributed by atoms with Gasteiger partial charge in [0.1, 0.15) is 6.10 Å². The van der Waals surface area contributed by atoms with Crippen LogP contribution in [0.2, 0.25) is 0 Å². The van der Waals surface area contributed by atoms with Gasteiger partial charge in [-0.2, -0.15) is 7.74 Å². The minimum Gasteiger partial charge on any atom is -0.458 e. The summed E-state index contributed by atoms with van der Waals surface area (Å²) in [4.78, 5) is 17.9. The third-order valence-electron chi connectivity index (χ3n) is 25.3. The first-order valence-corrected chi connectivity index (χ1v) is 30.7. The van der Waals surface area contributed by atoms with Gasteiger partial charge in [-0.25, -0.2) is 4.79 Å². The summed E-state index contributed by atoms with van der Waals surface area (Å²) >= 11 is 0. The van der Waals surface area contributed by atoms with Crippen LogP contribution >= 0.6 is 0 Å². The smallest absolute Gasteiger partial charge is 0.340 e. The van der Waals surface area contributed by atoms with Gasteiger partial charge in [0.05, 0.1) is 17.2 Å². The highest BCUT2D eigenvalue weighted by molar-refractivity contribution is 6.75. The van der Waals surface area contributed by atoms with Crippen molar-refractivity contribution in [2.24, 2.45) is 78.8 Å². The van der Waals surface area contributed by atoms with Crippen molar-refractivity contribution in [3.8, 4) is 0 Å². The van der Waals surface area contributed by atoms with Gasteiger partial charge in [0, 0.05) is 17.0 Å². The molecule has 4 nitrogen and oxygen atoms in total. The molecule has 1 heterocycles. The number of rotatable bonds is 10. The first-order valence-electron chi connectivity index (χ1n) is 30.7. The number of aliphatic hydroxyl groups is 1. The number of ether oxygens (including phenoxy) is 1. The predicted molar refractivity (Wildman–Crippen MR) is 333 cm³/mol. The molecule has 1 N–H and O–H groups in total. The van der Waals surface area contributed by atoms with Crippen LogP contribution in [0.4, 0.5) is 0 Å². The maximum absolute atomic E-state index is 13.4. The van der Waals surface area contributed by atoms with Crippen LogP contribution in [-0.2, 0) is 4.74 Å². The number of pyridine rings is 1. The normalized spacial score (nSPS) is 37.9. The average Bonchev–Trinajstić information content (AvgIpc) is 3.86. The highest BCUT2D eigenvalue weighted by Crippen LogP contribution is 2.74. The first-order chi connectivity index (χ1) is 35.7. The molecule has 1 aromatic carbocycles. The van der Waals surface area contributed by atoms with E-state index in [0.29, 0.717) is 44.5 Å². The van der Waals surface area contributed by atoms with Crippen molar-refractivity contribution in [3.63, 3.8) is 0 Å². The number of aliphatic hydroxyl groups excluding tert-OH is 1. The van der Waals surface area contributed by atoms with Crippen molar-refractivity contribution in [2.45, 2.75) is 259 Å². The minimum absolute atomic E-state index is 0. The SMILES string of the molecule is C.CC(C)=CCC[C@@H](C)[C@H]1CC[C@@]2(C)C3=C(CC[C@]12C)[C@@]1(C)CC[C@H](O)C(C)(C)C1CC3.CC(C)=CCC[C@@H](C)[C@H]1CC[C@@]2(C)C3=C(CC[C@]12C)[C@@]1(C)CC[C@H](OC(=O)c2cnc4ccccc4c2)C(C)(C)C1CC3.[B][BH3-]. The Bertz CT molecular complexity index is 2580. The van der Waals surface area contributed by atoms with Crippen LogP contribution in [-0.4, -0.2) is 43.7 Å². The van der Waals surface area contributed by atoms with Gasteiger partial charge in [-0.05, 0) is 242 Å². The Morgan fingerprint density at radius 3 is 1.61 bits per heavy atom. The number of hydrogen-bond donors (Lipinski definition) is 1. The number of benzene rings is 1. The summed E-state index contributed by atoms with van der Waals surface area (Å²) in [6, 6.07) is 9.89. The van der Waals surface area contributed by atoms with Gasteiger partial charge in [-0.1, -0.05) is 162 Å². The van der Waals surface area contributed by atoms with Gasteiger partial charge in [0.2, 0.25) is 0 Å². The van der Waals surface area contributed by atoms with Gasteiger partial charge in [0.15, 0.2) is 0 Å². The van der Waals surface area contributed by atoms with Gasteiger partial charge < -0.3 is 9.84 Å². The summed E-state index contributed by atoms with van der Waals surface area (Å²) in [5.41, 5.74) is 13.8. The summed E-state index contributed by atoms with van der Waals surface area (Å²) in [6.45, 7) is 39.3. The third-order valence-corrected chi connectivity index (χ3v) is 25.3. The second kappa shape index (κ2) is 22.8. The number of allylic oxidation sites excluding steroid dienone is 8. The number of para-hydroxylation sites is 1. The fraction of sp³-hybridized carbons (Fsp3) is 0.746. The third kappa shape index (κ3) is 10.4. The van der Waals surface area contributed by atoms with Crippen molar-refractivity contribution >= 4 is 32.3 Å².